The Hall–Kier alpha value is -1.62. The number of para-hydroxylation sites is 1. The lowest BCUT2D eigenvalue weighted by atomic mass is 10.3. The maximum absolute atomic E-state index is 11.6. The van der Waals surface area contributed by atoms with Gasteiger partial charge in [0.05, 0.1) is 17.3 Å². The second kappa shape index (κ2) is 5.35. The molecule has 0 aliphatic rings. The fourth-order valence-corrected chi connectivity index (χ4v) is 2.97. The van der Waals surface area contributed by atoms with Crippen LogP contribution >= 0.6 is 11.3 Å². The molecule has 0 amide bonds. The van der Waals surface area contributed by atoms with Crippen LogP contribution in [0.25, 0.3) is 10.2 Å². The first kappa shape index (κ1) is 12.8. The van der Waals surface area contributed by atoms with Crippen LogP contribution in [-0.2, 0) is 9.53 Å². The number of methoxy groups -OCH3 is 1. The van der Waals surface area contributed by atoms with Crippen LogP contribution in [0.15, 0.2) is 24.3 Å². The smallest absolute Gasteiger partial charge is 0.328 e. The van der Waals surface area contributed by atoms with E-state index in [1.54, 1.807) is 11.3 Å². The summed E-state index contributed by atoms with van der Waals surface area (Å²) in [5.41, 5.74) is 0.966. The average molecular weight is 264 g/mol. The third-order valence-electron chi connectivity index (χ3n) is 2.88. The monoisotopic (exact) mass is 264 g/mol. The second-order valence-corrected chi connectivity index (χ2v) is 4.96. The third kappa shape index (κ3) is 2.31. The summed E-state index contributed by atoms with van der Waals surface area (Å²) in [6, 6.07) is 7.65. The number of carbonyl (C=O) groups is 1. The maximum Gasteiger partial charge on any atom is 0.328 e. The van der Waals surface area contributed by atoms with Gasteiger partial charge in [0, 0.05) is 6.54 Å². The highest BCUT2D eigenvalue weighted by atomic mass is 32.1. The van der Waals surface area contributed by atoms with Gasteiger partial charge in [0.25, 0.3) is 0 Å². The summed E-state index contributed by atoms with van der Waals surface area (Å²) in [6.07, 6.45) is 0. The Kier molecular flexibility index (Phi) is 3.81. The minimum atomic E-state index is -0.319. The van der Waals surface area contributed by atoms with Gasteiger partial charge in [-0.2, -0.15) is 0 Å². The van der Waals surface area contributed by atoms with Crippen LogP contribution in [0, 0.1) is 0 Å². The zero-order chi connectivity index (χ0) is 13.1. The molecule has 1 heterocycles. The minimum absolute atomic E-state index is 0.240. The van der Waals surface area contributed by atoms with Gasteiger partial charge in [-0.15, -0.1) is 0 Å². The molecule has 0 spiro atoms. The number of thiazole rings is 1. The number of carbonyl (C=O) groups excluding carboxylic acids is 1. The average Bonchev–Trinajstić information content (AvgIpc) is 2.81. The number of hydrogen-bond acceptors (Lipinski definition) is 5. The molecule has 4 nitrogen and oxygen atoms in total. The van der Waals surface area contributed by atoms with Gasteiger partial charge in [-0.25, -0.2) is 9.78 Å². The Morgan fingerprint density at radius 2 is 2.22 bits per heavy atom. The van der Waals surface area contributed by atoms with E-state index in [0.29, 0.717) is 0 Å². The number of nitrogens with zero attached hydrogens (tertiary/aromatic N) is 2. The van der Waals surface area contributed by atoms with E-state index in [9.17, 15) is 4.79 Å². The van der Waals surface area contributed by atoms with Gasteiger partial charge < -0.3 is 9.64 Å². The van der Waals surface area contributed by atoms with Crippen LogP contribution in [0.4, 0.5) is 5.13 Å². The molecule has 96 valence electrons. The van der Waals surface area contributed by atoms with Crippen molar-refractivity contribution in [3.8, 4) is 0 Å². The molecule has 1 unspecified atom stereocenters. The van der Waals surface area contributed by atoms with Gasteiger partial charge in [0.15, 0.2) is 5.13 Å². The summed E-state index contributed by atoms with van der Waals surface area (Å²) < 4.78 is 5.91. The molecule has 5 heteroatoms. The molecule has 0 bridgehead atoms. The first-order chi connectivity index (χ1) is 8.67. The van der Waals surface area contributed by atoms with E-state index in [0.717, 1.165) is 21.9 Å². The van der Waals surface area contributed by atoms with Gasteiger partial charge in [0.1, 0.15) is 6.04 Å². The fourth-order valence-electron chi connectivity index (χ4n) is 1.86. The van der Waals surface area contributed by atoms with Crippen molar-refractivity contribution in [1.82, 2.24) is 4.98 Å². The summed E-state index contributed by atoms with van der Waals surface area (Å²) in [5, 5.41) is 0.858. The molecule has 2 aromatic rings. The predicted octanol–water partition coefficient (Wildman–Crippen LogP) is 2.68. The van der Waals surface area contributed by atoms with E-state index in [-0.39, 0.29) is 12.0 Å². The summed E-state index contributed by atoms with van der Waals surface area (Å²) in [5.74, 6) is -0.240. The Morgan fingerprint density at radius 3 is 2.83 bits per heavy atom. The predicted molar refractivity (Wildman–Crippen MR) is 74.1 cm³/mol. The number of esters is 1. The largest absolute Gasteiger partial charge is 0.467 e. The van der Waals surface area contributed by atoms with Gasteiger partial charge in [-0.1, -0.05) is 23.5 Å². The molecule has 0 N–H and O–H groups in total. The first-order valence-corrected chi connectivity index (χ1v) is 6.69. The zero-order valence-electron chi connectivity index (χ0n) is 10.7. The van der Waals surface area contributed by atoms with Crippen molar-refractivity contribution in [2.24, 2.45) is 0 Å². The molecule has 0 fully saturated rings. The highest BCUT2D eigenvalue weighted by Gasteiger charge is 2.23. The Morgan fingerprint density at radius 1 is 1.50 bits per heavy atom. The second-order valence-electron chi connectivity index (χ2n) is 3.95. The highest BCUT2D eigenvalue weighted by molar-refractivity contribution is 7.22. The molecule has 0 saturated heterocycles. The molecule has 0 saturated carbocycles. The van der Waals surface area contributed by atoms with E-state index < -0.39 is 0 Å². The van der Waals surface area contributed by atoms with Gasteiger partial charge in [0.2, 0.25) is 0 Å². The number of rotatable bonds is 4. The standard InChI is InChI=1S/C13H16N2O2S/c1-4-15(9(2)12(16)17-3)13-14-10-7-5-6-8-11(10)18-13/h5-9H,4H2,1-3H3. The number of anilines is 1. The zero-order valence-corrected chi connectivity index (χ0v) is 11.5. The summed E-state index contributed by atoms with van der Waals surface area (Å²) in [7, 11) is 1.41. The van der Waals surface area contributed by atoms with Crippen LogP contribution in [0.1, 0.15) is 13.8 Å². The fraction of sp³-hybridized carbons (Fsp3) is 0.385. The lowest BCUT2D eigenvalue weighted by Crippen LogP contribution is -2.39. The van der Waals surface area contributed by atoms with Crippen molar-refractivity contribution in [3.63, 3.8) is 0 Å². The van der Waals surface area contributed by atoms with Crippen molar-refractivity contribution in [3.05, 3.63) is 24.3 Å². The Labute approximate surface area is 110 Å². The van der Waals surface area contributed by atoms with Gasteiger partial charge >= 0.3 is 5.97 Å². The lowest BCUT2D eigenvalue weighted by molar-refractivity contribution is -0.141. The Balaban J connectivity index is 2.35. The van der Waals surface area contributed by atoms with Gasteiger partial charge in [-0.3, -0.25) is 0 Å². The number of hydrogen-bond donors (Lipinski definition) is 0. The van der Waals surface area contributed by atoms with Gasteiger partial charge in [-0.05, 0) is 26.0 Å². The number of benzene rings is 1. The summed E-state index contributed by atoms with van der Waals surface area (Å²) in [6.45, 7) is 4.56. The first-order valence-electron chi connectivity index (χ1n) is 5.87. The number of fused-ring (bicyclic) bond motifs is 1. The quantitative estimate of drug-likeness (QED) is 0.796. The molecule has 2 rings (SSSR count). The topological polar surface area (TPSA) is 42.4 Å². The van der Waals surface area contributed by atoms with Crippen molar-refractivity contribution in [2.75, 3.05) is 18.6 Å². The minimum Gasteiger partial charge on any atom is -0.467 e. The molecule has 1 aromatic heterocycles. The van der Waals surface area contributed by atoms with E-state index in [2.05, 4.69) is 4.98 Å². The molecule has 1 atom stereocenters. The van der Waals surface area contributed by atoms with Crippen molar-refractivity contribution < 1.29 is 9.53 Å². The van der Waals surface area contributed by atoms with Crippen LogP contribution in [0.5, 0.6) is 0 Å². The van der Waals surface area contributed by atoms with Crippen molar-refractivity contribution in [2.45, 2.75) is 19.9 Å². The molecule has 0 radical (unpaired) electrons. The third-order valence-corrected chi connectivity index (χ3v) is 3.95. The van der Waals surface area contributed by atoms with Crippen molar-refractivity contribution in [1.29, 1.82) is 0 Å². The van der Waals surface area contributed by atoms with Crippen LogP contribution in [-0.4, -0.2) is 30.6 Å². The van der Waals surface area contributed by atoms with Crippen LogP contribution in [0.2, 0.25) is 0 Å². The van der Waals surface area contributed by atoms with E-state index >= 15 is 0 Å². The lowest BCUT2D eigenvalue weighted by Gasteiger charge is -2.25. The summed E-state index contributed by atoms with van der Waals surface area (Å²) in [4.78, 5) is 18.1. The van der Waals surface area contributed by atoms with Crippen LogP contribution in [0.3, 0.4) is 0 Å². The number of likely N-dealkylation sites (N-methyl/N-ethyl adjacent to an activating group) is 1. The normalized spacial score (nSPS) is 12.4. The molecule has 1 aromatic carbocycles. The molecule has 0 aliphatic carbocycles. The molecule has 0 aliphatic heterocycles. The maximum atomic E-state index is 11.6. The van der Waals surface area contributed by atoms with E-state index in [1.807, 2.05) is 43.0 Å². The number of ether oxygens (including phenoxy) is 1. The van der Waals surface area contributed by atoms with Crippen molar-refractivity contribution >= 4 is 32.7 Å². The molecule has 18 heavy (non-hydrogen) atoms. The molecular weight excluding hydrogens is 248 g/mol. The number of aromatic nitrogens is 1. The summed E-state index contributed by atoms with van der Waals surface area (Å²) >= 11 is 1.59. The molecular formula is C13H16N2O2S. The Bertz CT molecular complexity index is 520. The van der Waals surface area contributed by atoms with E-state index in [1.165, 1.54) is 7.11 Å². The highest BCUT2D eigenvalue weighted by Crippen LogP contribution is 2.29. The SMILES string of the molecule is CCN(c1nc2ccccc2s1)C(C)C(=O)OC. The van der Waals surface area contributed by atoms with Crippen LogP contribution < -0.4 is 4.90 Å². The van der Waals surface area contributed by atoms with E-state index in [4.69, 9.17) is 4.74 Å².